The van der Waals surface area contributed by atoms with Gasteiger partial charge in [0.2, 0.25) is 0 Å². The number of fused-ring (bicyclic) bond motifs is 2. The van der Waals surface area contributed by atoms with Crippen molar-refractivity contribution in [3.63, 3.8) is 0 Å². The van der Waals surface area contributed by atoms with Crippen LogP contribution in [0.25, 0.3) is 0 Å². The van der Waals surface area contributed by atoms with E-state index in [9.17, 15) is 14.7 Å². The number of rotatable bonds is 3. The summed E-state index contributed by atoms with van der Waals surface area (Å²) in [7, 11) is 0. The second-order valence-corrected chi connectivity index (χ2v) is 7.36. The van der Waals surface area contributed by atoms with Gasteiger partial charge in [0.1, 0.15) is 6.10 Å². The largest absolute Gasteiger partial charge is 0.478 e. The number of carboxylic acids is 1. The zero-order valence-electron chi connectivity index (χ0n) is 13.3. The fourth-order valence-electron chi connectivity index (χ4n) is 4.35. The molecule has 0 spiro atoms. The number of carboxylic acid groups (broad SMARTS) is 1. The van der Waals surface area contributed by atoms with Crippen molar-refractivity contribution in [1.29, 1.82) is 0 Å². The van der Waals surface area contributed by atoms with Crippen molar-refractivity contribution in [1.82, 2.24) is 0 Å². The van der Waals surface area contributed by atoms with Crippen LogP contribution in [-0.4, -0.2) is 23.1 Å². The molecule has 1 aromatic rings. The van der Waals surface area contributed by atoms with Crippen LogP contribution in [0.4, 0.5) is 0 Å². The van der Waals surface area contributed by atoms with Gasteiger partial charge in [-0.2, -0.15) is 0 Å². The summed E-state index contributed by atoms with van der Waals surface area (Å²) in [5, 5.41) is 9.21. The lowest BCUT2D eigenvalue weighted by Crippen LogP contribution is -2.38. The van der Waals surface area contributed by atoms with Crippen LogP contribution in [-0.2, 0) is 4.74 Å². The molecule has 1 N–H and O–H groups in total. The minimum Gasteiger partial charge on any atom is -0.478 e. The van der Waals surface area contributed by atoms with Gasteiger partial charge >= 0.3 is 11.9 Å². The van der Waals surface area contributed by atoms with Crippen molar-refractivity contribution in [2.45, 2.75) is 46.1 Å². The molecule has 22 heavy (non-hydrogen) atoms. The Morgan fingerprint density at radius 2 is 1.82 bits per heavy atom. The van der Waals surface area contributed by atoms with Crippen molar-refractivity contribution < 1.29 is 19.4 Å². The molecule has 4 heteroatoms. The standard InChI is InChI=1S/C18H22O4/c1-17(2)11-8-9-18(17,3)14(10-11)22-16(21)13-7-5-4-6-12(13)15(19)20/h4-7,11,14H,8-10H2,1-3H3,(H,19,20). The lowest BCUT2D eigenvalue weighted by atomic mass is 9.70. The van der Waals surface area contributed by atoms with E-state index in [0.29, 0.717) is 5.92 Å². The predicted octanol–water partition coefficient (Wildman–Crippen LogP) is 3.76. The first kappa shape index (κ1) is 15.1. The molecule has 0 amide bonds. The van der Waals surface area contributed by atoms with E-state index in [0.717, 1.165) is 12.8 Å². The highest BCUT2D eigenvalue weighted by Gasteiger charge is 2.62. The quantitative estimate of drug-likeness (QED) is 0.864. The van der Waals surface area contributed by atoms with E-state index >= 15 is 0 Å². The molecular weight excluding hydrogens is 280 g/mol. The highest BCUT2D eigenvalue weighted by molar-refractivity contribution is 6.02. The SMILES string of the molecule is CC1(C)C2CCC1(C)C(OC(=O)c1ccccc1C(=O)O)C2. The van der Waals surface area contributed by atoms with Crippen molar-refractivity contribution in [3.05, 3.63) is 35.4 Å². The van der Waals surface area contributed by atoms with Crippen LogP contribution in [0.15, 0.2) is 24.3 Å². The van der Waals surface area contributed by atoms with Crippen LogP contribution in [0.1, 0.15) is 60.7 Å². The Bertz CT molecular complexity index is 634. The lowest BCUT2D eigenvalue weighted by molar-refractivity contribution is -0.0244. The summed E-state index contributed by atoms with van der Waals surface area (Å²) in [4.78, 5) is 23.7. The molecule has 3 atom stereocenters. The summed E-state index contributed by atoms with van der Waals surface area (Å²) < 4.78 is 5.76. The van der Waals surface area contributed by atoms with Gasteiger partial charge in [-0.15, -0.1) is 0 Å². The molecule has 2 aliphatic rings. The van der Waals surface area contributed by atoms with Crippen LogP contribution in [0.3, 0.4) is 0 Å². The molecule has 0 aliphatic heterocycles. The molecule has 118 valence electrons. The summed E-state index contributed by atoms with van der Waals surface area (Å²) in [5.74, 6) is -1.05. The average molecular weight is 302 g/mol. The maximum atomic E-state index is 12.5. The normalized spacial score (nSPS) is 32.0. The van der Waals surface area contributed by atoms with E-state index in [1.165, 1.54) is 18.6 Å². The van der Waals surface area contributed by atoms with Crippen molar-refractivity contribution in [2.75, 3.05) is 0 Å². The van der Waals surface area contributed by atoms with Gasteiger partial charge in [-0.1, -0.05) is 32.9 Å². The number of aromatic carboxylic acids is 1. The van der Waals surface area contributed by atoms with Gasteiger partial charge in [0.25, 0.3) is 0 Å². The minimum absolute atomic E-state index is 0.0000645. The van der Waals surface area contributed by atoms with Crippen LogP contribution in [0.2, 0.25) is 0 Å². The van der Waals surface area contributed by atoms with Crippen LogP contribution >= 0.6 is 0 Å². The average Bonchev–Trinajstić information content (AvgIpc) is 2.80. The number of ether oxygens (including phenoxy) is 1. The minimum atomic E-state index is -1.10. The second-order valence-electron chi connectivity index (χ2n) is 7.36. The molecule has 2 fully saturated rings. The summed E-state index contributed by atoms with van der Waals surface area (Å²) in [6.45, 7) is 6.70. The smallest absolute Gasteiger partial charge is 0.339 e. The fourth-order valence-corrected chi connectivity index (χ4v) is 4.35. The monoisotopic (exact) mass is 302 g/mol. The number of hydrogen-bond acceptors (Lipinski definition) is 3. The molecule has 3 unspecified atom stereocenters. The first-order chi connectivity index (χ1) is 10.3. The predicted molar refractivity (Wildman–Crippen MR) is 81.8 cm³/mol. The zero-order valence-corrected chi connectivity index (χ0v) is 13.3. The number of hydrogen-bond donors (Lipinski definition) is 1. The summed E-state index contributed by atoms with van der Waals surface area (Å²) >= 11 is 0. The van der Waals surface area contributed by atoms with Gasteiger partial charge in [-0.3, -0.25) is 0 Å². The molecule has 1 aromatic carbocycles. The molecule has 2 bridgehead atoms. The maximum absolute atomic E-state index is 12.5. The Morgan fingerprint density at radius 3 is 2.32 bits per heavy atom. The van der Waals surface area contributed by atoms with E-state index in [-0.39, 0.29) is 28.1 Å². The zero-order chi connectivity index (χ0) is 16.1. The first-order valence-corrected chi connectivity index (χ1v) is 7.80. The maximum Gasteiger partial charge on any atom is 0.339 e. The molecule has 2 aliphatic carbocycles. The number of carbonyl (C=O) groups excluding carboxylic acids is 1. The third-order valence-corrected chi connectivity index (χ3v) is 6.34. The summed E-state index contributed by atoms with van der Waals surface area (Å²) in [5.41, 5.74) is 0.273. The molecule has 0 saturated heterocycles. The number of esters is 1. The number of carbonyl (C=O) groups is 2. The Kier molecular flexibility index (Phi) is 3.31. The number of benzene rings is 1. The van der Waals surface area contributed by atoms with E-state index in [4.69, 9.17) is 4.74 Å². The van der Waals surface area contributed by atoms with Crippen LogP contribution in [0.5, 0.6) is 0 Å². The van der Waals surface area contributed by atoms with Crippen molar-refractivity contribution in [2.24, 2.45) is 16.7 Å². The van der Waals surface area contributed by atoms with Crippen LogP contribution < -0.4 is 0 Å². The molecule has 3 rings (SSSR count). The van der Waals surface area contributed by atoms with Gasteiger partial charge in [0.15, 0.2) is 0 Å². The molecule has 4 nitrogen and oxygen atoms in total. The van der Waals surface area contributed by atoms with Crippen molar-refractivity contribution >= 4 is 11.9 Å². The Labute approximate surface area is 130 Å². The molecule has 0 heterocycles. The summed E-state index contributed by atoms with van der Waals surface area (Å²) in [6.07, 6.45) is 2.99. The topological polar surface area (TPSA) is 63.6 Å². The Balaban J connectivity index is 1.84. The Morgan fingerprint density at radius 1 is 1.18 bits per heavy atom. The molecular formula is C18H22O4. The molecule has 0 radical (unpaired) electrons. The first-order valence-electron chi connectivity index (χ1n) is 7.80. The van der Waals surface area contributed by atoms with Gasteiger partial charge in [-0.25, -0.2) is 9.59 Å². The van der Waals surface area contributed by atoms with E-state index in [2.05, 4.69) is 20.8 Å². The highest BCUT2D eigenvalue weighted by atomic mass is 16.5. The lowest BCUT2D eigenvalue weighted by Gasteiger charge is -2.38. The Hall–Kier alpha value is -1.84. The second kappa shape index (κ2) is 4.83. The third-order valence-electron chi connectivity index (χ3n) is 6.34. The summed E-state index contributed by atoms with van der Waals surface area (Å²) in [6, 6.07) is 6.23. The van der Waals surface area contributed by atoms with E-state index < -0.39 is 11.9 Å². The van der Waals surface area contributed by atoms with Crippen LogP contribution in [0, 0.1) is 16.7 Å². The molecule has 2 saturated carbocycles. The highest BCUT2D eigenvalue weighted by Crippen LogP contribution is 2.66. The fraction of sp³-hybridized carbons (Fsp3) is 0.556. The van der Waals surface area contributed by atoms with Gasteiger partial charge < -0.3 is 9.84 Å². The van der Waals surface area contributed by atoms with Gasteiger partial charge in [-0.05, 0) is 42.7 Å². The van der Waals surface area contributed by atoms with Gasteiger partial charge in [0.05, 0.1) is 11.1 Å². The van der Waals surface area contributed by atoms with Crippen molar-refractivity contribution in [3.8, 4) is 0 Å². The molecule has 0 aromatic heterocycles. The van der Waals surface area contributed by atoms with Gasteiger partial charge in [0, 0.05) is 5.41 Å². The van der Waals surface area contributed by atoms with E-state index in [1.54, 1.807) is 12.1 Å². The third kappa shape index (κ3) is 1.97. The van der Waals surface area contributed by atoms with E-state index in [1.807, 2.05) is 0 Å².